The van der Waals surface area contributed by atoms with E-state index >= 15 is 0 Å². The zero-order valence-corrected chi connectivity index (χ0v) is 22.5. The quantitative estimate of drug-likeness (QED) is 0.458. The third-order valence-electron chi connectivity index (χ3n) is 8.85. The van der Waals surface area contributed by atoms with Crippen LogP contribution in [-0.4, -0.2) is 40.3 Å². The first kappa shape index (κ1) is 25.5. The van der Waals surface area contributed by atoms with Gasteiger partial charge in [0.2, 0.25) is 5.89 Å². The fourth-order valence-corrected chi connectivity index (χ4v) is 6.88. The smallest absolute Gasteiger partial charge is 0.231 e. The van der Waals surface area contributed by atoms with Crippen molar-refractivity contribution < 1.29 is 35.7 Å². The first-order chi connectivity index (χ1) is 17.1. The second-order valence-corrected chi connectivity index (χ2v) is 11.0. The van der Waals surface area contributed by atoms with Crippen molar-refractivity contribution >= 4 is 0 Å². The molecule has 1 N–H and O–H groups in total. The normalized spacial score (nSPS) is 27.7. The highest BCUT2D eigenvalue weighted by molar-refractivity contribution is 5.30. The number of hydrogen-bond donors (Lipinski definition) is 1. The number of halogens is 1. The van der Waals surface area contributed by atoms with Crippen LogP contribution in [0.25, 0.3) is 0 Å². The van der Waals surface area contributed by atoms with E-state index in [1.54, 1.807) is 0 Å². The lowest BCUT2D eigenvalue weighted by Crippen LogP contribution is -3.00. The Balaban J connectivity index is 0.00000267. The highest BCUT2D eigenvalue weighted by atomic mass is 79.9. The van der Waals surface area contributed by atoms with Gasteiger partial charge < -0.3 is 35.7 Å². The molecule has 3 aromatic rings. The molecule has 6 heteroatoms. The van der Waals surface area contributed by atoms with Crippen molar-refractivity contribution in [3.63, 3.8) is 0 Å². The van der Waals surface area contributed by atoms with E-state index in [1.165, 1.54) is 19.3 Å². The topological polar surface area (TPSA) is 55.5 Å². The summed E-state index contributed by atoms with van der Waals surface area (Å²) in [6, 6.07) is 20.2. The van der Waals surface area contributed by atoms with Gasteiger partial charge in [-0.25, -0.2) is 4.98 Å². The van der Waals surface area contributed by atoms with Crippen molar-refractivity contribution in [3.05, 3.63) is 84.1 Å². The average molecular weight is 554 g/mol. The highest BCUT2D eigenvalue weighted by Gasteiger charge is 2.49. The maximum absolute atomic E-state index is 12.2. The minimum absolute atomic E-state index is 0. The first-order valence-corrected chi connectivity index (χ1v) is 13.4. The van der Waals surface area contributed by atoms with Crippen molar-refractivity contribution in [2.24, 2.45) is 11.8 Å². The second-order valence-electron chi connectivity index (χ2n) is 11.0. The Morgan fingerprint density at radius 1 is 0.917 bits per heavy atom. The number of oxazole rings is 1. The van der Waals surface area contributed by atoms with Crippen molar-refractivity contribution in [2.75, 3.05) is 19.6 Å². The Bertz CT molecular complexity index is 1110. The summed E-state index contributed by atoms with van der Waals surface area (Å²) < 4.78 is 13.9. The molecular weight excluding hydrogens is 516 g/mol. The van der Waals surface area contributed by atoms with Crippen molar-refractivity contribution in [3.8, 4) is 5.75 Å². The Labute approximate surface area is 224 Å². The molecule has 2 atom stereocenters. The number of aliphatic hydroxyl groups is 1. The van der Waals surface area contributed by atoms with Crippen LogP contribution < -0.4 is 21.7 Å². The van der Waals surface area contributed by atoms with E-state index in [9.17, 15) is 5.11 Å². The van der Waals surface area contributed by atoms with Crippen LogP contribution in [0.3, 0.4) is 0 Å². The molecular formula is C30H37BrN2O3. The number of nitrogens with zero attached hydrogens (tertiary/aromatic N) is 2. The minimum atomic E-state index is -1.17. The molecule has 36 heavy (non-hydrogen) atoms. The van der Waals surface area contributed by atoms with E-state index in [2.05, 4.69) is 12.1 Å². The van der Waals surface area contributed by atoms with Gasteiger partial charge in [-0.15, -0.1) is 0 Å². The Kier molecular flexibility index (Phi) is 7.57. The Morgan fingerprint density at radius 3 is 2.28 bits per heavy atom. The van der Waals surface area contributed by atoms with Crippen LogP contribution in [0.2, 0.25) is 0 Å². The number of aromatic nitrogens is 1. The third-order valence-corrected chi connectivity index (χ3v) is 8.85. The fourth-order valence-electron chi connectivity index (χ4n) is 6.88. The number of ether oxygens (including phenoxy) is 1. The van der Waals surface area contributed by atoms with Crippen LogP contribution in [0.1, 0.15) is 62.2 Å². The average Bonchev–Trinajstić information content (AvgIpc) is 3.39. The third kappa shape index (κ3) is 4.88. The lowest BCUT2D eigenvalue weighted by Gasteiger charge is -2.51. The zero-order chi connectivity index (χ0) is 23.7. The molecule has 192 valence electrons. The molecule has 1 aromatic heterocycles. The lowest BCUT2D eigenvalue weighted by molar-refractivity contribution is -0.958. The van der Waals surface area contributed by atoms with Crippen LogP contribution in [0.4, 0.5) is 0 Å². The van der Waals surface area contributed by atoms with Gasteiger partial charge in [0.25, 0.3) is 0 Å². The molecule has 0 spiro atoms. The van der Waals surface area contributed by atoms with Crippen LogP contribution >= 0.6 is 0 Å². The number of hydrogen-bond acceptors (Lipinski definition) is 4. The van der Waals surface area contributed by atoms with E-state index in [1.807, 2.05) is 54.7 Å². The second kappa shape index (κ2) is 10.7. The summed E-state index contributed by atoms with van der Waals surface area (Å²) in [5.74, 6) is 3.07. The zero-order valence-electron chi connectivity index (χ0n) is 20.9. The van der Waals surface area contributed by atoms with Gasteiger partial charge in [-0.3, -0.25) is 0 Å². The summed E-state index contributed by atoms with van der Waals surface area (Å²) in [6.07, 6.45) is 10.0. The number of para-hydroxylation sites is 1. The highest BCUT2D eigenvalue weighted by Crippen LogP contribution is 2.44. The van der Waals surface area contributed by atoms with Crippen LogP contribution in [0.15, 0.2) is 71.3 Å². The maximum Gasteiger partial charge on any atom is 0.231 e. The predicted molar refractivity (Wildman–Crippen MR) is 135 cm³/mol. The maximum atomic E-state index is 12.2. The lowest BCUT2D eigenvalue weighted by atomic mass is 9.73. The molecule has 0 amide bonds. The fraction of sp³-hybridized carbons (Fsp3) is 0.500. The van der Waals surface area contributed by atoms with Crippen molar-refractivity contribution in [1.82, 2.24) is 4.98 Å². The minimum Gasteiger partial charge on any atom is -1.00 e. The number of rotatable bonds is 7. The summed E-state index contributed by atoms with van der Waals surface area (Å²) in [5.41, 5.74) is -0.282. The Morgan fingerprint density at radius 2 is 1.58 bits per heavy atom. The molecule has 4 fully saturated rings. The molecule has 1 saturated carbocycles. The summed E-state index contributed by atoms with van der Waals surface area (Å²) >= 11 is 0. The van der Waals surface area contributed by atoms with E-state index in [0.29, 0.717) is 11.8 Å². The van der Waals surface area contributed by atoms with Crippen molar-refractivity contribution in [2.45, 2.75) is 63.2 Å². The first-order valence-electron chi connectivity index (χ1n) is 13.4. The molecule has 0 unspecified atom stereocenters. The van der Waals surface area contributed by atoms with Gasteiger partial charge in [0.05, 0.1) is 19.3 Å². The largest absolute Gasteiger partial charge is 1.00 e. The van der Waals surface area contributed by atoms with Crippen molar-refractivity contribution in [1.29, 1.82) is 0 Å². The number of piperidine rings is 3. The van der Waals surface area contributed by atoms with E-state index in [-0.39, 0.29) is 29.0 Å². The summed E-state index contributed by atoms with van der Waals surface area (Å²) in [5, 5.41) is 12.2. The Hall–Kier alpha value is -2.15. The molecule has 0 radical (unpaired) electrons. The van der Waals surface area contributed by atoms with E-state index in [0.717, 1.165) is 73.4 Å². The van der Waals surface area contributed by atoms with Gasteiger partial charge in [-0.1, -0.05) is 67.8 Å². The predicted octanol–water partition coefficient (Wildman–Crippen LogP) is 2.68. The summed E-state index contributed by atoms with van der Waals surface area (Å²) in [7, 11) is 0. The van der Waals surface area contributed by atoms with Gasteiger partial charge in [0.15, 0.2) is 17.5 Å². The van der Waals surface area contributed by atoms with Gasteiger partial charge >= 0.3 is 0 Å². The van der Waals surface area contributed by atoms with Gasteiger partial charge in [-0.2, -0.15) is 0 Å². The van der Waals surface area contributed by atoms with Gasteiger partial charge in [0.1, 0.15) is 18.8 Å². The molecule has 5 nitrogen and oxygen atoms in total. The van der Waals surface area contributed by atoms with E-state index < -0.39 is 5.60 Å². The monoisotopic (exact) mass is 552 g/mol. The molecule has 4 aliphatic rings. The molecule has 1 aliphatic carbocycles. The molecule has 2 bridgehead atoms. The SMILES string of the molecule is O[C@@](c1ccccc1)(c1ncc(C[N+]23CCC(CC2)[C@@H](Oc2ccccc2)C3)o1)C1CCCCC1.[Br-]. The van der Waals surface area contributed by atoms with Crippen LogP contribution in [0, 0.1) is 11.8 Å². The molecule has 3 saturated heterocycles. The molecule has 4 heterocycles. The number of fused-ring (bicyclic) bond motifs is 3. The molecule has 2 aromatic carbocycles. The van der Waals surface area contributed by atoms with Gasteiger partial charge in [-0.05, 0) is 30.5 Å². The van der Waals surface area contributed by atoms with Crippen LogP contribution in [0.5, 0.6) is 5.75 Å². The standard InChI is InChI=1S/C30H37N2O3.BrH/c33-30(24-10-4-1-5-11-24,25-12-6-2-7-13-25)29-31-20-27(35-29)21-32-18-16-23(17-19-32)28(22-32)34-26-14-8-3-9-15-26;/h1,3-5,8-11,14-15,20,23,25,28,33H,2,6-7,12-13,16-19,21-22H2;1H/q+1;/p-1/t23?,28-,30+,32?;/m0./s1. The summed E-state index contributed by atoms with van der Waals surface area (Å²) in [4.78, 5) is 4.71. The van der Waals surface area contributed by atoms with Gasteiger partial charge in [0, 0.05) is 24.7 Å². The molecule has 7 rings (SSSR count). The number of quaternary nitrogens is 1. The number of benzene rings is 2. The van der Waals surface area contributed by atoms with E-state index in [4.69, 9.17) is 14.1 Å². The summed E-state index contributed by atoms with van der Waals surface area (Å²) in [6.45, 7) is 4.12. The van der Waals surface area contributed by atoms with Crippen LogP contribution in [-0.2, 0) is 12.1 Å². The molecule has 3 aliphatic heterocycles.